The fraction of sp³-hybridized carbons (Fsp3) is 1.00. The summed E-state index contributed by atoms with van der Waals surface area (Å²) in [4.78, 5) is 0. The van der Waals surface area contributed by atoms with Crippen LogP contribution in [0.5, 0.6) is 0 Å². The average molecular weight is 136 g/mol. The van der Waals surface area contributed by atoms with E-state index in [1.807, 2.05) is 0 Å². The summed E-state index contributed by atoms with van der Waals surface area (Å²) < 4.78 is 24.6. The van der Waals surface area contributed by atoms with E-state index in [1.54, 1.807) is 0 Å². The molecule has 0 radical (unpaired) electrons. The summed E-state index contributed by atoms with van der Waals surface area (Å²) in [6, 6.07) is 0. The molecule has 0 bridgehead atoms. The van der Waals surface area contributed by atoms with E-state index in [1.165, 1.54) is 0 Å². The van der Waals surface area contributed by atoms with Crippen LogP contribution < -0.4 is 0 Å². The summed E-state index contributed by atoms with van der Waals surface area (Å²) in [5.74, 6) is -2.60. The minimum atomic E-state index is -2.60. The van der Waals surface area contributed by atoms with Gasteiger partial charge in [0.2, 0.25) is 0 Å². The SMILES string of the molecule is O[C@H]1CCCC(F)(F)C1. The molecule has 0 saturated heterocycles. The first-order valence-corrected chi connectivity index (χ1v) is 3.16. The maximum absolute atomic E-state index is 12.3. The fourth-order valence-electron chi connectivity index (χ4n) is 1.15. The molecule has 1 nitrogen and oxygen atoms in total. The van der Waals surface area contributed by atoms with Gasteiger partial charge in [-0.2, -0.15) is 0 Å². The van der Waals surface area contributed by atoms with Gasteiger partial charge in [0.1, 0.15) is 0 Å². The van der Waals surface area contributed by atoms with Gasteiger partial charge in [-0.05, 0) is 12.8 Å². The lowest BCUT2D eigenvalue weighted by Crippen LogP contribution is -2.28. The maximum atomic E-state index is 12.3. The van der Waals surface area contributed by atoms with E-state index < -0.39 is 12.0 Å². The molecule has 1 N–H and O–H groups in total. The van der Waals surface area contributed by atoms with Crippen molar-refractivity contribution in [3.8, 4) is 0 Å². The van der Waals surface area contributed by atoms with Gasteiger partial charge in [-0.15, -0.1) is 0 Å². The van der Waals surface area contributed by atoms with Crippen LogP contribution in [-0.2, 0) is 0 Å². The van der Waals surface area contributed by atoms with Crippen LogP contribution in [0.3, 0.4) is 0 Å². The van der Waals surface area contributed by atoms with E-state index in [2.05, 4.69) is 0 Å². The first-order chi connectivity index (χ1) is 4.10. The van der Waals surface area contributed by atoms with Crippen LogP contribution in [0, 0.1) is 0 Å². The van der Waals surface area contributed by atoms with Crippen molar-refractivity contribution in [2.24, 2.45) is 0 Å². The molecule has 0 amide bonds. The van der Waals surface area contributed by atoms with E-state index in [9.17, 15) is 8.78 Å². The Kier molecular flexibility index (Phi) is 1.70. The number of halogens is 2. The number of hydrogen-bond donors (Lipinski definition) is 1. The van der Waals surface area contributed by atoms with Crippen LogP contribution in [-0.4, -0.2) is 17.1 Å². The van der Waals surface area contributed by atoms with Gasteiger partial charge in [0.15, 0.2) is 0 Å². The largest absolute Gasteiger partial charge is 0.393 e. The van der Waals surface area contributed by atoms with Gasteiger partial charge in [0.05, 0.1) is 6.10 Å². The van der Waals surface area contributed by atoms with Crippen LogP contribution in [0.25, 0.3) is 0 Å². The van der Waals surface area contributed by atoms with Crippen LogP contribution in [0.4, 0.5) is 8.78 Å². The highest BCUT2D eigenvalue weighted by Crippen LogP contribution is 2.32. The molecule has 54 valence electrons. The number of rotatable bonds is 0. The van der Waals surface area contributed by atoms with E-state index in [0.29, 0.717) is 12.8 Å². The Balaban J connectivity index is 2.41. The van der Waals surface area contributed by atoms with Crippen LogP contribution in [0.15, 0.2) is 0 Å². The van der Waals surface area contributed by atoms with Gasteiger partial charge in [0, 0.05) is 12.8 Å². The molecule has 0 aliphatic heterocycles. The predicted molar refractivity (Wildman–Crippen MR) is 29.4 cm³/mol. The molecule has 0 heterocycles. The molecule has 0 unspecified atom stereocenters. The van der Waals surface area contributed by atoms with E-state index in [0.717, 1.165) is 0 Å². The van der Waals surface area contributed by atoms with Crippen molar-refractivity contribution >= 4 is 0 Å². The number of aliphatic hydroxyl groups is 1. The molecule has 9 heavy (non-hydrogen) atoms. The minimum absolute atomic E-state index is 0.0515. The monoisotopic (exact) mass is 136 g/mol. The summed E-state index contributed by atoms with van der Waals surface area (Å²) >= 11 is 0. The second-order valence-electron chi connectivity index (χ2n) is 2.61. The molecule has 0 aromatic heterocycles. The standard InChI is InChI=1S/C6H10F2O/c7-6(8)3-1-2-5(9)4-6/h5,9H,1-4H2/t5-/m0/s1. The predicted octanol–water partition coefficient (Wildman–Crippen LogP) is 1.56. The molecular weight excluding hydrogens is 126 g/mol. The molecule has 1 saturated carbocycles. The van der Waals surface area contributed by atoms with Crippen molar-refractivity contribution in [2.45, 2.75) is 37.7 Å². The Morgan fingerprint density at radius 2 is 2.11 bits per heavy atom. The Morgan fingerprint density at radius 3 is 2.44 bits per heavy atom. The van der Waals surface area contributed by atoms with Crippen molar-refractivity contribution in [1.82, 2.24) is 0 Å². The van der Waals surface area contributed by atoms with E-state index in [-0.39, 0.29) is 12.8 Å². The molecule has 3 heteroatoms. The first-order valence-electron chi connectivity index (χ1n) is 3.16. The second-order valence-corrected chi connectivity index (χ2v) is 2.61. The summed E-state index contributed by atoms with van der Waals surface area (Å²) in [5, 5.41) is 8.76. The van der Waals surface area contributed by atoms with Gasteiger partial charge in [-0.25, -0.2) is 8.78 Å². The molecule has 0 aromatic carbocycles. The topological polar surface area (TPSA) is 20.2 Å². The van der Waals surface area contributed by atoms with Crippen molar-refractivity contribution in [3.63, 3.8) is 0 Å². The Bertz CT molecular complexity index is 103. The highest BCUT2D eigenvalue weighted by Gasteiger charge is 2.35. The summed E-state index contributed by atoms with van der Waals surface area (Å²) in [6.45, 7) is 0. The molecule has 0 spiro atoms. The number of hydrogen-bond acceptors (Lipinski definition) is 1. The zero-order valence-corrected chi connectivity index (χ0v) is 5.11. The maximum Gasteiger partial charge on any atom is 0.250 e. The number of aliphatic hydroxyl groups excluding tert-OH is 1. The van der Waals surface area contributed by atoms with Crippen molar-refractivity contribution in [2.75, 3.05) is 0 Å². The third-order valence-corrected chi connectivity index (χ3v) is 1.61. The van der Waals surface area contributed by atoms with E-state index in [4.69, 9.17) is 5.11 Å². The van der Waals surface area contributed by atoms with Gasteiger partial charge < -0.3 is 5.11 Å². The smallest absolute Gasteiger partial charge is 0.250 e. The average Bonchev–Trinajstić information content (AvgIpc) is 1.60. The van der Waals surface area contributed by atoms with Crippen molar-refractivity contribution in [1.29, 1.82) is 0 Å². The third-order valence-electron chi connectivity index (χ3n) is 1.61. The normalized spacial score (nSPS) is 34.3. The summed E-state index contributed by atoms with van der Waals surface area (Å²) in [7, 11) is 0. The molecule has 1 aliphatic rings. The quantitative estimate of drug-likeness (QED) is 0.535. The Labute approximate surface area is 52.7 Å². The molecular formula is C6H10F2O. The second kappa shape index (κ2) is 2.21. The Hall–Kier alpha value is -0.180. The van der Waals surface area contributed by atoms with E-state index >= 15 is 0 Å². The van der Waals surface area contributed by atoms with Gasteiger partial charge >= 0.3 is 0 Å². The third kappa shape index (κ3) is 1.90. The van der Waals surface area contributed by atoms with Crippen LogP contribution >= 0.6 is 0 Å². The number of alkyl halides is 2. The lowest BCUT2D eigenvalue weighted by atomic mass is 9.94. The Morgan fingerprint density at radius 1 is 1.44 bits per heavy atom. The highest BCUT2D eigenvalue weighted by atomic mass is 19.3. The van der Waals surface area contributed by atoms with Crippen LogP contribution in [0.2, 0.25) is 0 Å². The van der Waals surface area contributed by atoms with Gasteiger partial charge in [-0.3, -0.25) is 0 Å². The first kappa shape index (κ1) is 6.93. The minimum Gasteiger partial charge on any atom is -0.393 e. The van der Waals surface area contributed by atoms with Gasteiger partial charge in [0.25, 0.3) is 5.92 Å². The molecule has 1 aliphatic carbocycles. The summed E-state index contributed by atoms with van der Waals surface area (Å²) in [5.41, 5.74) is 0. The fourth-order valence-corrected chi connectivity index (χ4v) is 1.15. The van der Waals surface area contributed by atoms with Crippen LogP contribution in [0.1, 0.15) is 25.7 Å². The molecule has 1 rings (SSSR count). The highest BCUT2D eigenvalue weighted by molar-refractivity contribution is 4.77. The molecule has 0 aromatic rings. The van der Waals surface area contributed by atoms with Crippen molar-refractivity contribution < 1.29 is 13.9 Å². The zero-order valence-electron chi connectivity index (χ0n) is 5.11. The lowest BCUT2D eigenvalue weighted by molar-refractivity contribution is -0.0757. The lowest BCUT2D eigenvalue weighted by Gasteiger charge is -2.24. The van der Waals surface area contributed by atoms with Crippen molar-refractivity contribution in [3.05, 3.63) is 0 Å². The van der Waals surface area contributed by atoms with Gasteiger partial charge in [-0.1, -0.05) is 0 Å². The molecule has 1 fully saturated rings. The molecule has 1 atom stereocenters. The zero-order chi connectivity index (χ0) is 6.91. The summed E-state index contributed by atoms with van der Waals surface area (Å²) in [6.07, 6.45) is -0.172.